The van der Waals surface area contributed by atoms with E-state index in [1.807, 2.05) is 60.4 Å². The minimum atomic E-state index is -0.605. The van der Waals surface area contributed by atoms with Crippen LogP contribution in [-0.4, -0.2) is 59.4 Å². The number of aryl methyl sites for hydroxylation is 1. The molecule has 7 rings (SSSR count). The normalized spacial score (nSPS) is 20.0. The number of hydrogen-bond acceptors (Lipinski definition) is 7. The number of anilines is 3. The van der Waals surface area contributed by atoms with Crippen LogP contribution in [0.4, 0.5) is 21.9 Å². The Morgan fingerprint density at radius 2 is 1.88 bits per heavy atom. The van der Waals surface area contributed by atoms with E-state index in [1.54, 1.807) is 22.1 Å². The molecule has 0 unspecified atom stereocenters. The van der Waals surface area contributed by atoms with Crippen LogP contribution in [0.2, 0.25) is 0 Å². The molecule has 2 fully saturated rings. The molecule has 0 spiro atoms. The van der Waals surface area contributed by atoms with Gasteiger partial charge < -0.3 is 20.7 Å². The molecular formula is C31H30N6O4S. The van der Waals surface area contributed by atoms with E-state index in [4.69, 9.17) is 10.5 Å². The van der Waals surface area contributed by atoms with Crippen LogP contribution in [0.25, 0.3) is 10.2 Å². The highest BCUT2D eigenvalue weighted by Gasteiger charge is 2.44. The molecular weight excluding hydrogens is 552 g/mol. The molecule has 4 amide bonds. The minimum absolute atomic E-state index is 0.0600. The molecule has 2 atom stereocenters. The second-order valence-corrected chi connectivity index (χ2v) is 11.9. The van der Waals surface area contributed by atoms with Crippen molar-refractivity contribution in [2.45, 2.75) is 38.3 Å². The lowest BCUT2D eigenvalue weighted by Crippen LogP contribution is -2.60. The van der Waals surface area contributed by atoms with Crippen molar-refractivity contribution < 1.29 is 19.1 Å². The van der Waals surface area contributed by atoms with Gasteiger partial charge in [0.2, 0.25) is 5.91 Å². The zero-order valence-corrected chi connectivity index (χ0v) is 23.9. The molecule has 0 bridgehead atoms. The number of carbonyl (C=O) groups is 3. The first-order valence-corrected chi connectivity index (χ1v) is 14.9. The summed E-state index contributed by atoms with van der Waals surface area (Å²) < 4.78 is 6.04. The number of urea groups is 1. The number of carbonyl (C=O) groups excluding carboxylic acids is 3. The molecule has 0 radical (unpaired) electrons. The summed E-state index contributed by atoms with van der Waals surface area (Å²) in [6, 6.07) is 16.1. The van der Waals surface area contributed by atoms with E-state index in [0.29, 0.717) is 57.4 Å². The average molecular weight is 583 g/mol. The number of nitrogens with one attached hydrogen (secondary N) is 1. The summed E-state index contributed by atoms with van der Waals surface area (Å²) >= 11 is 1.19. The van der Waals surface area contributed by atoms with Gasteiger partial charge in [-0.05, 0) is 74.7 Å². The van der Waals surface area contributed by atoms with Crippen molar-refractivity contribution in [2.24, 2.45) is 5.73 Å². The summed E-state index contributed by atoms with van der Waals surface area (Å²) in [5, 5.41) is 3.90. The first-order chi connectivity index (χ1) is 20.4. The quantitative estimate of drug-likeness (QED) is 0.333. The van der Waals surface area contributed by atoms with Gasteiger partial charge in [-0.1, -0.05) is 18.2 Å². The maximum atomic E-state index is 14.6. The van der Waals surface area contributed by atoms with Gasteiger partial charge in [-0.3, -0.25) is 19.4 Å². The van der Waals surface area contributed by atoms with E-state index in [2.05, 4.69) is 10.3 Å². The lowest BCUT2D eigenvalue weighted by molar-refractivity contribution is -0.136. The van der Waals surface area contributed by atoms with Crippen LogP contribution in [-0.2, 0) is 4.79 Å². The predicted octanol–water partition coefficient (Wildman–Crippen LogP) is 4.93. The Labute approximate surface area is 246 Å². The van der Waals surface area contributed by atoms with Gasteiger partial charge in [0.15, 0.2) is 0 Å². The third-order valence-electron chi connectivity index (χ3n) is 8.23. The maximum absolute atomic E-state index is 14.6. The average Bonchev–Trinajstić information content (AvgIpc) is 3.35. The molecule has 5 heterocycles. The van der Waals surface area contributed by atoms with Gasteiger partial charge in [-0.25, -0.2) is 9.78 Å². The largest absolute Gasteiger partial charge is 0.457 e. The number of pyridine rings is 1. The SMILES string of the molecule is Cc1cc(Oc2ccccc2)ccc1N1C(=O)N([C@@H]2CCCN(C(=O)[C@@H]3CCN3)C2)c2c(C(N)=O)sc3nccc1c23. The van der Waals surface area contributed by atoms with Crippen molar-refractivity contribution in [3.05, 3.63) is 71.2 Å². The lowest BCUT2D eigenvalue weighted by atomic mass is 9.98. The Kier molecular flexibility index (Phi) is 6.55. The van der Waals surface area contributed by atoms with Crippen LogP contribution < -0.4 is 25.6 Å². The highest BCUT2D eigenvalue weighted by atomic mass is 32.1. The van der Waals surface area contributed by atoms with Gasteiger partial charge in [0.1, 0.15) is 21.2 Å². The van der Waals surface area contributed by atoms with Gasteiger partial charge >= 0.3 is 6.03 Å². The van der Waals surface area contributed by atoms with Crippen LogP contribution in [0, 0.1) is 6.92 Å². The molecule has 11 heteroatoms. The molecule has 3 aliphatic rings. The molecule has 42 heavy (non-hydrogen) atoms. The van der Waals surface area contributed by atoms with Gasteiger partial charge in [0.25, 0.3) is 5.91 Å². The Morgan fingerprint density at radius 1 is 1.07 bits per heavy atom. The Bertz CT molecular complexity index is 1720. The molecule has 3 aliphatic heterocycles. The second-order valence-electron chi connectivity index (χ2n) is 10.9. The Balaban J connectivity index is 1.31. The van der Waals surface area contributed by atoms with E-state index < -0.39 is 5.91 Å². The van der Waals surface area contributed by atoms with Gasteiger partial charge in [-0.2, -0.15) is 0 Å². The second kappa shape index (κ2) is 10.4. The first-order valence-electron chi connectivity index (χ1n) is 14.1. The highest BCUT2D eigenvalue weighted by Crippen LogP contribution is 2.50. The van der Waals surface area contributed by atoms with E-state index in [0.717, 1.165) is 30.7 Å². The number of primary amides is 1. The van der Waals surface area contributed by atoms with Crippen molar-refractivity contribution >= 4 is 56.5 Å². The summed E-state index contributed by atoms with van der Waals surface area (Å²) in [6.45, 7) is 3.79. The fourth-order valence-electron chi connectivity index (χ4n) is 6.11. The zero-order chi connectivity index (χ0) is 29.0. The zero-order valence-electron chi connectivity index (χ0n) is 23.1. The van der Waals surface area contributed by atoms with E-state index in [9.17, 15) is 14.4 Å². The number of ether oxygens (including phenoxy) is 1. The van der Waals surface area contributed by atoms with Crippen LogP contribution >= 0.6 is 11.3 Å². The molecule has 10 nitrogen and oxygen atoms in total. The number of piperidine rings is 1. The first kappa shape index (κ1) is 26.4. The number of nitrogens with zero attached hydrogens (tertiary/aromatic N) is 4. The monoisotopic (exact) mass is 582 g/mol. The molecule has 2 aromatic heterocycles. The van der Waals surface area contributed by atoms with Crippen molar-refractivity contribution in [1.82, 2.24) is 15.2 Å². The summed E-state index contributed by atoms with van der Waals surface area (Å²) in [7, 11) is 0. The standard InChI is InChI=1S/C31H30N6O4S/c1-18-16-21(41-20-7-3-2-4-8-20)9-10-23(18)37-24-12-14-34-29-25(24)26(27(42-29)28(32)38)36(31(37)40)19-6-5-15-35(17-19)30(39)22-11-13-33-22/h2-4,7-10,12,14,16,19,22,33H,5-6,11,13,15,17H2,1H3,(H2,32,38)/t19-,22+/m1/s1. The number of rotatable bonds is 6. The molecule has 3 N–H and O–H groups in total. The molecule has 2 saturated heterocycles. The van der Waals surface area contributed by atoms with Gasteiger partial charge in [-0.15, -0.1) is 11.3 Å². The predicted molar refractivity (Wildman–Crippen MR) is 162 cm³/mol. The number of aromatic nitrogens is 1. The highest BCUT2D eigenvalue weighted by molar-refractivity contribution is 7.21. The van der Waals surface area contributed by atoms with Crippen molar-refractivity contribution in [2.75, 3.05) is 29.4 Å². The number of para-hydroxylation sites is 1. The van der Waals surface area contributed by atoms with Crippen LogP contribution in [0.5, 0.6) is 11.5 Å². The van der Waals surface area contributed by atoms with Gasteiger partial charge in [0, 0.05) is 19.3 Å². The van der Waals surface area contributed by atoms with Crippen LogP contribution in [0.15, 0.2) is 60.8 Å². The van der Waals surface area contributed by atoms with Crippen molar-refractivity contribution in [1.29, 1.82) is 0 Å². The molecule has 4 aromatic rings. The number of amides is 4. The van der Waals surface area contributed by atoms with E-state index >= 15 is 0 Å². The van der Waals surface area contributed by atoms with Crippen molar-refractivity contribution in [3.63, 3.8) is 0 Å². The maximum Gasteiger partial charge on any atom is 0.334 e. The minimum Gasteiger partial charge on any atom is -0.457 e. The Hall–Kier alpha value is -4.48. The van der Waals surface area contributed by atoms with Crippen LogP contribution in [0.3, 0.4) is 0 Å². The fraction of sp³-hybridized carbons (Fsp3) is 0.290. The summed E-state index contributed by atoms with van der Waals surface area (Å²) in [5.41, 5.74) is 8.53. The van der Waals surface area contributed by atoms with E-state index in [1.165, 1.54) is 11.3 Å². The summed E-state index contributed by atoms with van der Waals surface area (Å²) in [6.07, 6.45) is 3.90. The number of thiophene rings is 1. The molecule has 2 aromatic carbocycles. The van der Waals surface area contributed by atoms with E-state index in [-0.39, 0.29) is 24.0 Å². The summed E-state index contributed by atoms with van der Waals surface area (Å²) in [4.78, 5) is 51.2. The number of hydrogen-bond donors (Lipinski definition) is 2. The fourth-order valence-corrected chi connectivity index (χ4v) is 7.11. The Morgan fingerprint density at radius 3 is 2.60 bits per heavy atom. The molecule has 0 aliphatic carbocycles. The number of benzene rings is 2. The molecule has 0 saturated carbocycles. The third kappa shape index (κ3) is 4.36. The lowest BCUT2D eigenvalue weighted by Gasteiger charge is -2.44. The number of nitrogens with two attached hydrogens (primary N) is 1. The van der Waals surface area contributed by atoms with Crippen molar-refractivity contribution in [3.8, 4) is 11.5 Å². The molecule has 214 valence electrons. The third-order valence-corrected chi connectivity index (χ3v) is 9.33. The topological polar surface area (TPSA) is 121 Å². The smallest absolute Gasteiger partial charge is 0.334 e. The number of likely N-dealkylation sites (tertiary alicyclic amines) is 1. The van der Waals surface area contributed by atoms with Gasteiger partial charge in [0.05, 0.1) is 34.5 Å². The van der Waals surface area contributed by atoms with Crippen LogP contribution in [0.1, 0.15) is 34.5 Å². The summed E-state index contributed by atoms with van der Waals surface area (Å²) in [5.74, 6) is 0.828.